The van der Waals surface area contributed by atoms with Gasteiger partial charge in [-0.3, -0.25) is 4.79 Å². The monoisotopic (exact) mass is 378 g/mol. The highest BCUT2D eigenvalue weighted by Crippen LogP contribution is 2.39. The Morgan fingerprint density at radius 3 is 2.30 bits per heavy atom. The van der Waals surface area contributed by atoms with Crippen LogP contribution in [0.3, 0.4) is 0 Å². The molecule has 0 saturated carbocycles. The zero-order chi connectivity index (χ0) is 20.0. The van der Waals surface area contributed by atoms with Gasteiger partial charge in [0.2, 0.25) is 11.7 Å². The number of amides is 1. The van der Waals surface area contributed by atoms with E-state index >= 15 is 0 Å². The molecule has 1 aromatic heterocycles. The Hall–Kier alpha value is -3.30. The van der Waals surface area contributed by atoms with Crippen LogP contribution in [0.5, 0.6) is 17.2 Å². The van der Waals surface area contributed by atoms with Crippen LogP contribution in [0.1, 0.15) is 18.5 Å². The SMILES string of the molecule is COc1cc(NC(=O)CCCn2nc([N+](=O)[O-])cc2C)cc(OC)c1OC. The van der Waals surface area contributed by atoms with Crippen LogP contribution >= 0.6 is 0 Å². The Kier molecular flexibility index (Phi) is 6.58. The summed E-state index contributed by atoms with van der Waals surface area (Å²) in [4.78, 5) is 22.4. The maximum absolute atomic E-state index is 12.2. The average Bonchev–Trinajstić information content (AvgIpc) is 3.02. The van der Waals surface area contributed by atoms with Crippen molar-refractivity contribution >= 4 is 17.4 Å². The highest BCUT2D eigenvalue weighted by Gasteiger charge is 2.16. The summed E-state index contributed by atoms with van der Waals surface area (Å²) in [5.74, 6) is 0.907. The molecule has 27 heavy (non-hydrogen) atoms. The van der Waals surface area contributed by atoms with Gasteiger partial charge < -0.3 is 29.6 Å². The van der Waals surface area contributed by atoms with E-state index in [2.05, 4.69) is 10.4 Å². The maximum atomic E-state index is 12.2. The van der Waals surface area contributed by atoms with Gasteiger partial charge in [0.05, 0.1) is 44.7 Å². The van der Waals surface area contributed by atoms with Crippen LogP contribution in [0.2, 0.25) is 0 Å². The molecule has 0 atom stereocenters. The van der Waals surface area contributed by atoms with Crippen molar-refractivity contribution < 1.29 is 23.9 Å². The lowest BCUT2D eigenvalue weighted by Gasteiger charge is -2.14. The van der Waals surface area contributed by atoms with Crippen LogP contribution in [0.15, 0.2) is 18.2 Å². The standard InChI is InChI=1S/C17H22N4O6/c1-11-8-15(21(23)24)19-20(11)7-5-6-16(22)18-12-9-13(25-2)17(27-4)14(10-12)26-3/h8-10H,5-7H2,1-4H3,(H,18,22). The molecule has 0 aliphatic rings. The van der Waals surface area contributed by atoms with Crippen LogP contribution in [0.4, 0.5) is 11.5 Å². The van der Waals surface area contributed by atoms with Gasteiger partial charge in [-0.1, -0.05) is 0 Å². The number of aromatic nitrogens is 2. The predicted molar refractivity (Wildman–Crippen MR) is 97.6 cm³/mol. The molecule has 2 aromatic rings. The first kappa shape index (κ1) is 20.0. The summed E-state index contributed by atoms with van der Waals surface area (Å²) in [7, 11) is 4.49. The Balaban J connectivity index is 1.97. The fourth-order valence-corrected chi connectivity index (χ4v) is 2.57. The van der Waals surface area contributed by atoms with Gasteiger partial charge in [0, 0.05) is 24.2 Å². The number of nitro groups is 1. The molecule has 0 spiro atoms. The zero-order valence-corrected chi connectivity index (χ0v) is 15.6. The maximum Gasteiger partial charge on any atom is 0.390 e. The average molecular weight is 378 g/mol. The van der Waals surface area contributed by atoms with Crippen molar-refractivity contribution in [3.63, 3.8) is 0 Å². The second kappa shape index (κ2) is 8.88. The molecule has 0 fully saturated rings. The van der Waals surface area contributed by atoms with Crippen LogP contribution in [-0.4, -0.2) is 41.9 Å². The molecule has 1 heterocycles. The van der Waals surface area contributed by atoms with E-state index in [1.54, 1.807) is 19.1 Å². The molecule has 2 rings (SSSR count). The third kappa shape index (κ3) is 4.87. The Bertz CT molecular complexity index is 808. The number of carbonyl (C=O) groups is 1. The smallest absolute Gasteiger partial charge is 0.390 e. The van der Waals surface area contributed by atoms with E-state index in [1.807, 2.05) is 0 Å². The zero-order valence-electron chi connectivity index (χ0n) is 15.6. The number of benzene rings is 1. The minimum absolute atomic E-state index is 0.200. The third-order valence-electron chi connectivity index (χ3n) is 3.88. The fraction of sp³-hybridized carbons (Fsp3) is 0.412. The largest absolute Gasteiger partial charge is 0.493 e. The molecular weight excluding hydrogens is 356 g/mol. The van der Waals surface area contributed by atoms with Crippen molar-refractivity contribution in [2.45, 2.75) is 26.3 Å². The van der Waals surface area contributed by atoms with E-state index in [9.17, 15) is 14.9 Å². The molecule has 0 radical (unpaired) electrons. The Morgan fingerprint density at radius 2 is 1.81 bits per heavy atom. The van der Waals surface area contributed by atoms with Gasteiger partial charge >= 0.3 is 5.82 Å². The summed E-state index contributed by atoms with van der Waals surface area (Å²) in [6.45, 7) is 2.14. The van der Waals surface area contributed by atoms with Gasteiger partial charge in [0.15, 0.2) is 11.5 Å². The van der Waals surface area contributed by atoms with Gasteiger partial charge in [0.1, 0.15) is 0 Å². The third-order valence-corrected chi connectivity index (χ3v) is 3.88. The first-order valence-corrected chi connectivity index (χ1v) is 8.18. The molecule has 1 aromatic carbocycles. The number of hydrogen-bond donors (Lipinski definition) is 1. The van der Waals surface area contributed by atoms with E-state index in [-0.39, 0.29) is 18.1 Å². The predicted octanol–water partition coefficient (Wildman–Crippen LogP) is 2.54. The van der Waals surface area contributed by atoms with Crippen molar-refractivity contribution in [3.05, 3.63) is 34.0 Å². The molecule has 146 valence electrons. The molecule has 0 unspecified atom stereocenters. The summed E-state index contributed by atoms with van der Waals surface area (Å²) in [6.07, 6.45) is 0.708. The summed E-state index contributed by atoms with van der Waals surface area (Å²) in [5, 5.41) is 17.4. The van der Waals surface area contributed by atoms with Crippen molar-refractivity contribution in [2.24, 2.45) is 0 Å². The number of anilines is 1. The Labute approximate surface area is 156 Å². The second-order valence-electron chi connectivity index (χ2n) is 5.69. The summed E-state index contributed by atoms with van der Waals surface area (Å²) >= 11 is 0. The quantitative estimate of drug-likeness (QED) is 0.526. The van der Waals surface area contributed by atoms with Crippen molar-refractivity contribution in [3.8, 4) is 17.2 Å². The van der Waals surface area contributed by atoms with Gasteiger partial charge in [-0.05, 0) is 18.3 Å². The lowest BCUT2D eigenvalue weighted by atomic mass is 10.2. The van der Waals surface area contributed by atoms with E-state index in [0.717, 1.165) is 0 Å². The molecule has 10 nitrogen and oxygen atoms in total. The normalized spacial score (nSPS) is 10.4. The van der Waals surface area contributed by atoms with E-state index in [4.69, 9.17) is 14.2 Å². The second-order valence-corrected chi connectivity index (χ2v) is 5.69. The van der Waals surface area contributed by atoms with Gasteiger partial charge in [-0.25, -0.2) is 0 Å². The first-order valence-electron chi connectivity index (χ1n) is 8.18. The molecule has 0 aliphatic carbocycles. The summed E-state index contributed by atoms with van der Waals surface area (Å²) in [5.41, 5.74) is 1.19. The van der Waals surface area contributed by atoms with Crippen molar-refractivity contribution in [1.29, 1.82) is 0 Å². The number of aryl methyl sites for hydroxylation is 2. The van der Waals surface area contributed by atoms with Gasteiger partial charge in [0.25, 0.3) is 0 Å². The van der Waals surface area contributed by atoms with Crippen molar-refractivity contribution in [1.82, 2.24) is 9.78 Å². The molecular formula is C17H22N4O6. The summed E-state index contributed by atoms with van der Waals surface area (Å²) in [6, 6.07) is 4.68. The van der Waals surface area contributed by atoms with E-state index in [1.165, 1.54) is 32.1 Å². The highest BCUT2D eigenvalue weighted by atomic mass is 16.6. The Morgan fingerprint density at radius 1 is 1.19 bits per heavy atom. The molecule has 0 aliphatic heterocycles. The molecule has 0 saturated heterocycles. The van der Waals surface area contributed by atoms with Gasteiger partial charge in [-0.2, -0.15) is 4.68 Å². The minimum atomic E-state index is -0.541. The molecule has 10 heteroatoms. The van der Waals surface area contributed by atoms with Crippen LogP contribution in [0, 0.1) is 17.0 Å². The number of nitrogens with one attached hydrogen (secondary N) is 1. The van der Waals surface area contributed by atoms with Crippen LogP contribution < -0.4 is 19.5 Å². The molecule has 1 amide bonds. The fourth-order valence-electron chi connectivity index (χ4n) is 2.57. The number of rotatable bonds is 9. The number of methoxy groups -OCH3 is 3. The topological polar surface area (TPSA) is 118 Å². The number of carbonyl (C=O) groups excluding carboxylic acids is 1. The molecule has 0 bridgehead atoms. The number of nitrogens with zero attached hydrogens (tertiary/aromatic N) is 3. The molecule has 1 N–H and O–H groups in total. The van der Waals surface area contributed by atoms with E-state index in [0.29, 0.717) is 41.6 Å². The van der Waals surface area contributed by atoms with Crippen LogP contribution in [-0.2, 0) is 11.3 Å². The number of hydrogen-bond acceptors (Lipinski definition) is 7. The lowest BCUT2D eigenvalue weighted by molar-refractivity contribution is -0.389. The van der Waals surface area contributed by atoms with Crippen LogP contribution in [0.25, 0.3) is 0 Å². The minimum Gasteiger partial charge on any atom is -0.493 e. The highest BCUT2D eigenvalue weighted by molar-refractivity contribution is 5.91. The number of ether oxygens (including phenoxy) is 3. The van der Waals surface area contributed by atoms with E-state index < -0.39 is 4.92 Å². The van der Waals surface area contributed by atoms with Crippen molar-refractivity contribution in [2.75, 3.05) is 26.6 Å². The summed E-state index contributed by atoms with van der Waals surface area (Å²) < 4.78 is 17.3. The lowest BCUT2D eigenvalue weighted by Crippen LogP contribution is -2.13. The van der Waals surface area contributed by atoms with Gasteiger partial charge in [-0.15, -0.1) is 0 Å². The first-order chi connectivity index (χ1) is 12.9.